The molecule has 0 aliphatic carbocycles. The SMILES string of the molecule is CCCCCCCCOCCCCCCCCCCCCCCCC(C)C. The molecule has 1 heteroatoms. The third-order valence-electron chi connectivity index (χ3n) is 5.71. The molecule has 0 bridgehead atoms. The minimum absolute atomic E-state index is 0.891. The second-order valence-corrected chi connectivity index (χ2v) is 9.16. The molecule has 164 valence electrons. The van der Waals surface area contributed by atoms with Crippen molar-refractivity contribution in [3.8, 4) is 0 Å². The molecule has 0 radical (unpaired) electrons. The van der Waals surface area contributed by atoms with Crippen LogP contribution in [0.15, 0.2) is 0 Å². The summed E-state index contributed by atoms with van der Waals surface area (Å²) in [5, 5.41) is 0. The van der Waals surface area contributed by atoms with Crippen molar-refractivity contribution in [2.75, 3.05) is 13.2 Å². The average Bonchev–Trinajstić information content (AvgIpc) is 2.65. The molecule has 0 amide bonds. The monoisotopic (exact) mass is 382 g/mol. The molecule has 0 heterocycles. The topological polar surface area (TPSA) is 9.23 Å². The zero-order chi connectivity index (χ0) is 19.8. The fourth-order valence-electron chi connectivity index (χ4n) is 3.79. The van der Waals surface area contributed by atoms with Crippen LogP contribution in [-0.4, -0.2) is 13.2 Å². The lowest BCUT2D eigenvalue weighted by Crippen LogP contribution is -1.97. The quantitative estimate of drug-likeness (QED) is 0.160. The maximum Gasteiger partial charge on any atom is 0.0466 e. The van der Waals surface area contributed by atoms with Crippen LogP contribution in [0.1, 0.15) is 149 Å². The van der Waals surface area contributed by atoms with Gasteiger partial charge in [0.15, 0.2) is 0 Å². The standard InChI is InChI=1S/C26H54O/c1-4-5-6-7-18-21-24-27-25-22-19-16-14-12-10-8-9-11-13-15-17-20-23-26(2)3/h26H,4-25H2,1-3H3. The van der Waals surface area contributed by atoms with Crippen molar-refractivity contribution in [1.82, 2.24) is 0 Å². The minimum atomic E-state index is 0.891. The predicted octanol–water partition coefficient (Wildman–Crippen LogP) is 9.48. The van der Waals surface area contributed by atoms with Crippen LogP contribution in [-0.2, 0) is 4.74 Å². The van der Waals surface area contributed by atoms with Crippen LogP contribution in [0.5, 0.6) is 0 Å². The van der Waals surface area contributed by atoms with E-state index in [1.807, 2.05) is 0 Å². The van der Waals surface area contributed by atoms with Gasteiger partial charge in [-0.05, 0) is 18.8 Å². The molecule has 0 N–H and O–H groups in total. The van der Waals surface area contributed by atoms with Crippen molar-refractivity contribution < 1.29 is 4.74 Å². The van der Waals surface area contributed by atoms with Gasteiger partial charge >= 0.3 is 0 Å². The van der Waals surface area contributed by atoms with Crippen molar-refractivity contribution in [2.24, 2.45) is 5.92 Å². The van der Waals surface area contributed by atoms with Gasteiger partial charge in [-0.1, -0.05) is 136 Å². The summed E-state index contributed by atoms with van der Waals surface area (Å²) < 4.78 is 5.76. The molecular formula is C26H54O. The van der Waals surface area contributed by atoms with E-state index in [0.717, 1.165) is 19.1 Å². The van der Waals surface area contributed by atoms with Gasteiger partial charge in [0, 0.05) is 13.2 Å². The van der Waals surface area contributed by atoms with Crippen molar-refractivity contribution in [1.29, 1.82) is 0 Å². The van der Waals surface area contributed by atoms with E-state index in [2.05, 4.69) is 20.8 Å². The number of hydrogen-bond acceptors (Lipinski definition) is 1. The van der Waals surface area contributed by atoms with Crippen molar-refractivity contribution in [2.45, 2.75) is 149 Å². The summed E-state index contributed by atoms with van der Waals surface area (Å²) in [7, 11) is 0. The highest BCUT2D eigenvalue weighted by Gasteiger charge is 1.96. The van der Waals surface area contributed by atoms with E-state index in [-0.39, 0.29) is 0 Å². The Bertz CT molecular complexity index is 249. The molecule has 0 aromatic heterocycles. The number of unbranched alkanes of at least 4 members (excludes halogenated alkanes) is 17. The summed E-state index contributed by atoms with van der Waals surface area (Å²) in [5.41, 5.74) is 0. The molecule has 27 heavy (non-hydrogen) atoms. The Balaban J connectivity index is 2.97. The smallest absolute Gasteiger partial charge is 0.0466 e. The molecule has 0 spiro atoms. The first-order valence-electron chi connectivity index (χ1n) is 12.8. The maximum atomic E-state index is 5.76. The van der Waals surface area contributed by atoms with Gasteiger partial charge in [-0.2, -0.15) is 0 Å². The van der Waals surface area contributed by atoms with Crippen molar-refractivity contribution in [3.63, 3.8) is 0 Å². The third kappa shape index (κ3) is 26.0. The molecule has 0 saturated heterocycles. The number of hydrogen-bond donors (Lipinski definition) is 0. The Labute approximate surface area is 173 Å². The second kappa shape index (κ2) is 24.0. The molecule has 0 fully saturated rings. The fourth-order valence-corrected chi connectivity index (χ4v) is 3.79. The first-order chi connectivity index (χ1) is 13.3. The Kier molecular flexibility index (Phi) is 24.0. The molecule has 0 unspecified atom stereocenters. The highest BCUT2D eigenvalue weighted by atomic mass is 16.5. The van der Waals surface area contributed by atoms with E-state index in [1.165, 1.54) is 128 Å². The zero-order valence-corrected chi connectivity index (χ0v) is 19.5. The highest BCUT2D eigenvalue weighted by Crippen LogP contribution is 2.14. The van der Waals surface area contributed by atoms with Gasteiger partial charge in [-0.25, -0.2) is 0 Å². The zero-order valence-electron chi connectivity index (χ0n) is 19.5. The minimum Gasteiger partial charge on any atom is -0.381 e. The summed E-state index contributed by atoms with van der Waals surface area (Å²) in [6, 6.07) is 0. The van der Waals surface area contributed by atoms with E-state index < -0.39 is 0 Å². The van der Waals surface area contributed by atoms with Gasteiger partial charge in [-0.3, -0.25) is 0 Å². The van der Waals surface area contributed by atoms with Gasteiger partial charge in [0.2, 0.25) is 0 Å². The molecule has 0 aromatic carbocycles. The van der Waals surface area contributed by atoms with Crippen molar-refractivity contribution >= 4 is 0 Å². The van der Waals surface area contributed by atoms with Gasteiger partial charge in [0.25, 0.3) is 0 Å². The van der Waals surface area contributed by atoms with Crippen LogP contribution in [0.3, 0.4) is 0 Å². The summed E-state index contributed by atoms with van der Waals surface area (Å²) >= 11 is 0. The lowest BCUT2D eigenvalue weighted by Gasteiger charge is -2.05. The normalized spacial score (nSPS) is 11.6. The lowest BCUT2D eigenvalue weighted by atomic mass is 10.0. The number of rotatable bonds is 23. The van der Waals surface area contributed by atoms with Crippen LogP contribution >= 0.6 is 0 Å². The van der Waals surface area contributed by atoms with Gasteiger partial charge in [-0.15, -0.1) is 0 Å². The molecule has 0 rings (SSSR count). The molecule has 0 atom stereocenters. The van der Waals surface area contributed by atoms with E-state index in [0.29, 0.717) is 0 Å². The Morgan fingerprint density at radius 1 is 0.444 bits per heavy atom. The summed E-state index contributed by atoms with van der Waals surface area (Å²) in [4.78, 5) is 0. The van der Waals surface area contributed by atoms with Crippen LogP contribution in [0.4, 0.5) is 0 Å². The molecule has 1 nitrogen and oxygen atoms in total. The van der Waals surface area contributed by atoms with Crippen LogP contribution in [0.2, 0.25) is 0 Å². The van der Waals surface area contributed by atoms with Gasteiger partial charge in [0.1, 0.15) is 0 Å². The largest absolute Gasteiger partial charge is 0.381 e. The number of ether oxygens (including phenoxy) is 1. The average molecular weight is 383 g/mol. The molecule has 0 aliphatic rings. The Morgan fingerprint density at radius 3 is 1.15 bits per heavy atom. The summed E-state index contributed by atoms with van der Waals surface area (Å²) in [6.45, 7) is 8.94. The second-order valence-electron chi connectivity index (χ2n) is 9.16. The van der Waals surface area contributed by atoms with E-state index in [4.69, 9.17) is 4.74 Å². The van der Waals surface area contributed by atoms with Crippen LogP contribution in [0.25, 0.3) is 0 Å². The third-order valence-corrected chi connectivity index (χ3v) is 5.71. The maximum absolute atomic E-state index is 5.76. The summed E-state index contributed by atoms with van der Waals surface area (Å²) in [6.07, 6.45) is 28.2. The Morgan fingerprint density at radius 2 is 0.778 bits per heavy atom. The molecular weight excluding hydrogens is 328 g/mol. The predicted molar refractivity (Wildman–Crippen MR) is 124 cm³/mol. The fraction of sp³-hybridized carbons (Fsp3) is 1.00. The highest BCUT2D eigenvalue weighted by molar-refractivity contribution is 4.51. The lowest BCUT2D eigenvalue weighted by molar-refractivity contribution is 0.125. The van der Waals surface area contributed by atoms with Crippen molar-refractivity contribution in [3.05, 3.63) is 0 Å². The van der Waals surface area contributed by atoms with E-state index in [1.54, 1.807) is 0 Å². The van der Waals surface area contributed by atoms with Gasteiger partial charge in [0.05, 0.1) is 0 Å². The van der Waals surface area contributed by atoms with E-state index >= 15 is 0 Å². The first kappa shape index (κ1) is 27.0. The van der Waals surface area contributed by atoms with E-state index in [9.17, 15) is 0 Å². The molecule has 0 aliphatic heterocycles. The van der Waals surface area contributed by atoms with Gasteiger partial charge < -0.3 is 4.74 Å². The summed E-state index contributed by atoms with van der Waals surface area (Å²) in [5.74, 6) is 0.891. The molecule has 0 saturated carbocycles. The Hall–Kier alpha value is -0.0400. The van der Waals surface area contributed by atoms with Crippen LogP contribution in [0, 0.1) is 5.92 Å². The first-order valence-corrected chi connectivity index (χ1v) is 12.8. The molecule has 0 aromatic rings. The van der Waals surface area contributed by atoms with Crippen LogP contribution < -0.4 is 0 Å².